The van der Waals surface area contributed by atoms with E-state index in [9.17, 15) is 0 Å². The summed E-state index contributed by atoms with van der Waals surface area (Å²) in [6.45, 7) is 4.24. The number of rotatable bonds is 0. The first-order valence-corrected chi connectivity index (χ1v) is 2.83. The molecule has 0 atom stereocenters. The Morgan fingerprint density at radius 2 is 1.30 bits per heavy atom. The Labute approximate surface area is 80.9 Å². The fraction of sp³-hybridized carbons (Fsp3) is 0.250. The van der Waals surface area contributed by atoms with Crippen molar-refractivity contribution in [2.24, 2.45) is 0 Å². The Kier molecular flexibility index (Phi) is 7.20. The van der Waals surface area contributed by atoms with Crippen LogP contribution in [0.3, 0.4) is 0 Å². The second-order valence-corrected chi connectivity index (χ2v) is 2.08. The summed E-state index contributed by atoms with van der Waals surface area (Å²) < 4.78 is 0. The molecule has 0 aliphatic rings. The zero-order valence-electron chi connectivity index (χ0n) is 8.52. The van der Waals surface area contributed by atoms with E-state index in [-0.39, 0.29) is 31.4 Å². The van der Waals surface area contributed by atoms with E-state index in [1.165, 1.54) is 11.1 Å². The number of benzene rings is 1. The molecule has 0 unspecified atom stereocenters. The van der Waals surface area contributed by atoms with Crippen LogP contribution in [0.4, 0.5) is 0 Å². The van der Waals surface area contributed by atoms with Crippen LogP contribution < -0.4 is 0 Å². The van der Waals surface area contributed by atoms with Crippen molar-refractivity contribution in [2.75, 3.05) is 0 Å². The minimum absolute atomic E-state index is 0. The first-order chi connectivity index (χ1) is 3.80. The van der Waals surface area contributed by atoms with Gasteiger partial charge in [-0.25, -0.2) is 0 Å². The molecule has 0 saturated heterocycles. The van der Waals surface area contributed by atoms with E-state index in [1.54, 1.807) is 0 Å². The first kappa shape index (κ1) is 12.6. The fourth-order valence-corrected chi connectivity index (χ4v) is 0.663. The SMILES string of the molecule is Cc1ccccc1C.O.[H-].[H-].[Mg+2]. The molecule has 1 rings (SSSR count). The predicted molar refractivity (Wildman–Crippen MR) is 47.5 cm³/mol. The van der Waals surface area contributed by atoms with Gasteiger partial charge in [0.1, 0.15) is 0 Å². The van der Waals surface area contributed by atoms with E-state index in [4.69, 9.17) is 0 Å². The van der Waals surface area contributed by atoms with Crippen LogP contribution >= 0.6 is 0 Å². The van der Waals surface area contributed by atoms with Crippen LogP contribution in [0.25, 0.3) is 0 Å². The minimum Gasteiger partial charge on any atom is -1.00 e. The quantitative estimate of drug-likeness (QED) is 0.500. The molecule has 54 valence electrons. The van der Waals surface area contributed by atoms with Crippen LogP contribution in [0.15, 0.2) is 24.3 Å². The molecule has 2 N–H and O–H groups in total. The van der Waals surface area contributed by atoms with Crippen molar-refractivity contribution < 1.29 is 8.33 Å². The van der Waals surface area contributed by atoms with Crippen LogP contribution in [-0.4, -0.2) is 28.5 Å². The van der Waals surface area contributed by atoms with Crippen molar-refractivity contribution in [1.82, 2.24) is 0 Å². The summed E-state index contributed by atoms with van der Waals surface area (Å²) in [5.41, 5.74) is 2.74. The molecule has 0 aromatic heterocycles. The summed E-state index contributed by atoms with van der Waals surface area (Å²) in [6.07, 6.45) is 0. The Morgan fingerprint density at radius 1 is 1.00 bits per heavy atom. The van der Waals surface area contributed by atoms with Gasteiger partial charge in [-0.3, -0.25) is 0 Å². The van der Waals surface area contributed by atoms with Crippen LogP contribution in [0.5, 0.6) is 0 Å². The molecule has 0 aliphatic carbocycles. The third-order valence-electron chi connectivity index (χ3n) is 1.43. The van der Waals surface area contributed by atoms with E-state index in [2.05, 4.69) is 38.1 Å². The molecule has 0 bridgehead atoms. The molecule has 0 aliphatic heterocycles. The molecular formula is C8H14MgO. The smallest absolute Gasteiger partial charge is 1.00 e. The van der Waals surface area contributed by atoms with Crippen LogP contribution in [0, 0.1) is 13.8 Å². The third-order valence-corrected chi connectivity index (χ3v) is 1.43. The Balaban J connectivity index is -0.0000000800. The summed E-state index contributed by atoms with van der Waals surface area (Å²) in [5, 5.41) is 0. The number of hydrogen-bond donors (Lipinski definition) is 0. The van der Waals surface area contributed by atoms with Gasteiger partial charge in [0.15, 0.2) is 0 Å². The maximum absolute atomic E-state index is 2.12. The predicted octanol–water partition coefficient (Wildman–Crippen LogP) is 1.32. The average molecular weight is 151 g/mol. The molecule has 0 radical (unpaired) electrons. The summed E-state index contributed by atoms with van der Waals surface area (Å²) in [6, 6.07) is 8.36. The third kappa shape index (κ3) is 3.20. The molecule has 0 fully saturated rings. The maximum atomic E-state index is 2.12. The van der Waals surface area contributed by atoms with E-state index >= 15 is 0 Å². The van der Waals surface area contributed by atoms with Crippen molar-refractivity contribution >= 4 is 23.1 Å². The monoisotopic (exact) mass is 150 g/mol. The van der Waals surface area contributed by atoms with Gasteiger partial charge in [-0.1, -0.05) is 24.3 Å². The normalized spacial score (nSPS) is 7.40. The van der Waals surface area contributed by atoms with Gasteiger partial charge >= 0.3 is 23.1 Å². The zero-order valence-corrected chi connectivity index (χ0v) is 7.93. The molecule has 1 aromatic rings. The molecule has 1 nitrogen and oxygen atoms in total. The van der Waals surface area contributed by atoms with E-state index in [0.29, 0.717) is 0 Å². The van der Waals surface area contributed by atoms with Gasteiger partial charge in [0.2, 0.25) is 0 Å². The molecule has 0 amide bonds. The number of aryl methyl sites for hydroxylation is 2. The summed E-state index contributed by atoms with van der Waals surface area (Å²) in [5.74, 6) is 0. The van der Waals surface area contributed by atoms with Gasteiger partial charge in [-0.2, -0.15) is 0 Å². The molecule has 0 saturated carbocycles. The van der Waals surface area contributed by atoms with Crippen molar-refractivity contribution in [3.63, 3.8) is 0 Å². The second-order valence-electron chi connectivity index (χ2n) is 2.08. The summed E-state index contributed by atoms with van der Waals surface area (Å²) in [4.78, 5) is 0. The van der Waals surface area contributed by atoms with E-state index in [0.717, 1.165) is 0 Å². The van der Waals surface area contributed by atoms with Crippen LogP contribution in [0.1, 0.15) is 14.0 Å². The Hall–Kier alpha value is -0.0538. The minimum atomic E-state index is 0. The van der Waals surface area contributed by atoms with Gasteiger partial charge < -0.3 is 8.33 Å². The molecule has 2 heteroatoms. The molecule has 1 aromatic carbocycles. The van der Waals surface area contributed by atoms with Gasteiger partial charge in [0.05, 0.1) is 0 Å². The maximum Gasteiger partial charge on any atom is 2.00 e. The molecule has 0 heterocycles. The van der Waals surface area contributed by atoms with Crippen molar-refractivity contribution in [3.05, 3.63) is 35.4 Å². The van der Waals surface area contributed by atoms with Gasteiger partial charge in [0, 0.05) is 0 Å². The fourth-order valence-electron chi connectivity index (χ4n) is 0.663. The van der Waals surface area contributed by atoms with E-state index < -0.39 is 0 Å². The van der Waals surface area contributed by atoms with Crippen LogP contribution in [-0.2, 0) is 0 Å². The van der Waals surface area contributed by atoms with Gasteiger partial charge in [-0.15, -0.1) is 0 Å². The topological polar surface area (TPSA) is 31.5 Å². The van der Waals surface area contributed by atoms with Crippen molar-refractivity contribution in [2.45, 2.75) is 13.8 Å². The summed E-state index contributed by atoms with van der Waals surface area (Å²) >= 11 is 0. The molecular weight excluding hydrogens is 136 g/mol. The summed E-state index contributed by atoms with van der Waals surface area (Å²) in [7, 11) is 0. The zero-order chi connectivity index (χ0) is 5.98. The molecule has 10 heavy (non-hydrogen) atoms. The van der Waals surface area contributed by atoms with E-state index in [1.807, 2.05) is 0 Å². The first-order valence-electron chi connectivity index (χ1n) is 2.83. The van der Waals surface area contributed by atoms with Crippen LogP contribution in [0.2, 0.25) is 0 Å². The van der Waals surface area contributed by atoms with Crippen molar-refractivity contribution in [1.29, 1.82) is 0 Å². The molecule has 0 spiro atoms. The van der Waals surface area contributed by atoms with Crippen molar-refractivity contribution in [3.8, 4) is 0 Å². The van der Waals surface area contributed by atoms with Gasteiger partial charge in [0.25, 0.3) is 0 Å². The standard InChI is InChI=1S/C8H10.Mg.H2O.2H/c1-7-5-3-4-6-8(7)2;;;;/h3-6H,1-2H3;;1H2;;/q;+2;;2*-1. The number of hydrogen-bond acceptors (Lipinski definition) is 0. The van der Waals surface area contributed by atoms with Gasteiger partial charge in [-0.05, 0) is 25.0 Å². The average Bonchev–Trinajstić information content (AvgIpc) is 1.77. The second kappa shape index (κ2) is 5.71. The largest absolute Gasteiger partial charge is 2.00 e. The Bertz CT molecular complexity index is 173. The Morgan fingerprint density at radius 3 is 1.50 bits per heavy atom.